The summed E-state index contributed by atoms with van der Waals surface area (Å²) in [6.07, 6.45) is 3.75. The molecule has 2 heterocycles. The van der Waals surface area contributed by atoms with Crippen LogP contribution in [0.2, 0.25) is 0 Å². The molecule has 0 spiro atoms. The maximum Gasteiger partial charge on any atom is 0.240 e. The number of nitrogens with zero attached hydrogens (tertiary/aromatic N) is 4. The fraction of sp³-hybridized carbons (Fsp3) is 0.353. The van der Waals surface area contributed by atoms with Crippen LogP contribution in [0.25, 0.3) is 11.4 Å². The maximum atomic E-state index is 5.35. The van der Waals surface area contributed by atoms with E-state index in [0.717, 1.165) is 11.1 Å². The van der Waals surface area contributed by atoms with E-state index in [1.165, 1.54) is 0 Å². The van der Waals surface area contributed by atoms with Crippen molar-refractivity contribution in [1.82, 2.24) is 25.2 Å². The van der Waals surface area contributed by atoms with Crippen molar-refractivity contribution in [2.45, 2.75) is 39.4 Å². The van der Waals surface area contributed by atoms with Gasteiger partial charge in [-0.3, -0.25) is 4.68 Å². The Balaban J connectivity index is 1.62. The standard InChI is InChI=1S/C17H21N5O/c1-12-7-4-5-8-15(12)17-20-16(23-21-17)11-18-13(2)14(3)22-10-6-9-19-22/h4-10,13-14,18H,11H2,1-3H3/t13-,14-/m0/s1. The topological polar surface area (TPSA) is 68.8 Å². The molecule has 0 unspecified atom stereocenters. The van der Waals surface area contributed by atoms with Gasteiger partial charge in [0.2, 0.25) is 11.7 Å². The first kappa shape index (κ1) is 15.4. The highest BCUT2D eigenvalue weighted by Gasteiger charge is 2.16. The molecule has 0 radical (unpaired) electrons. The van der Waals surface area contributed by atoms with E-state index in [4.69, 9.17) is 4.52 Å². The molecule has 1 N–H and O–H groups in total. The molecule has 120 valence electrons. The normalized spacial score (nSPS) is 13.9. The van der Waals surface area contributed by atoms with E-state index in [1.807, 2.05) is 48.1 Å². The van der Waals surface area contributed by atoms with Crippen molar-refractivity contribution in [3.63, 3.8) is 0 Å². The summed E-state index contributed by atoms with van der Waals surface area (Å²) in [6, 6.07) is 10.4. The first-order chi connectivity index (χ1) is 11.1. The molecule has 2 atom stereocenters. The highest BCUT2D eigenvalue weighted by atomic mass is 16.5. The van der Waals surface area contributed by atoms with Crippen molar-refractivity contribution in [3.05, 3.63) is 54.2 Å². The quantitative estimate of drug-likeness (QED) is 0.758. The van der Waals surface area contributed by atoms with Crippen LogP contribution in [-0.2, 0) is 6.54 Å². The molecule has 0 bridgehead atoms. The third-order valence-corrected chi connectivity index (χ3v) is 4.10. The Labute approximate surface area is 135 Å². The molecule has 3 aromatic rings. The highest BCUT2D eigenvalue weighted by molar-refractivity contribution is 5.58. The number of benzene rings is 1. The van der Waals surface area contributed by atoms with E-state index in [-0.39, 0.29) is 12.1 Å². The predicted octanol–water partition coefficient (Wildman–Crippen LogP) is 2.98. The van der Waals surface area contributed by atoms with Gasteiger partial charge in [0.1, 0.15) is 0 Å². The van der Waals surface area contributed by atoms with Gasteiger partial charge in [0.15, 0.2) is 0 Å². The Bertz CT molecular complexity index is 750. The SMILES string of the molecule is Cc1ccccc1-c1noc(CN[C@@H](C)[C@H](C)n2cccn2)n1. The second-order valence-corrected chi connectivity index (χ2v) is 5.72. The number of hydrogen-bond donors (Lipinski definition) is 1. The van der Waals surface area contributed by atoms with Gasteiger partial charge in [-0.1, -0.05) is 29.4 Å². The lowest BCUT2D eigenvalue weighted by atomic mass is 10.1. The lowest BCUT2D eigenvalue weighted by Crippen LogP contribution is -2.33. The Kier molecular flexibility index (Phi) is 4.52. The number of rotatable bonds is 6. The lowest BCUT2D eigenvalue weighted by molar-refractivity contribution is 0.325. The van der Waals surface area contributed by atoms with Gasteiger partial charge in [-0.2, -0.15) is 10.1 Å². The van der Waals surface area contributed by atoms with E-state index < -0.39 is 0 Å². The molecule has 1 aromatic carbocycles. The van der Waals surface area contributed by atoms with Crippen LogP contribution in [0.5, 0.6) is 0 Å². The molecule has 0 saturated carbocycles. The van der Waals surface area contributed by atoms with Gasteiger partial charge < -0.3 is 9.84 Å². The van der Waals surface area contributed by atoms with Gasteiger partial charge in [-0.05, 0) is 32.4 Å². The largest absolute Gasteiger partial charge is 0.338 e. The molecule has 2 aromatic heterocycles. The first-order valence-corrected chi connectivity index (χ1v) is 7.76. The van der Waals surface area contributed by atoms with Gasteiger partial charge in [0, 0.05) is 24.0 Å². The fourth-order valence-corrected chi connectivity index (χ4v) is 2.43. The van der Waals surface area contributed by atoms with Crippen molar-refractivity contribution in [2.75, 3.05) is 0 Å². The van der Waals surface area contributed by atoms with Crippen LogP contribution in [0.3, 0.4) is 0 Å². The molecule has 0 amide bonds. The van der Waals surface area contributed by atoms with Crippen molar-refractivity contribution < 1.29 is 4.52 Å². The lowest BCUT2D eigenvalue weighted by Gasteiger charge is -2.20. The third-order valence-electron chi connectivity index (χ3n) is 4.10. The smallest absolute Gasteiger partial charge is 0.240 e. The molecular formula is C17H21N5O. The van der Waals surface area contributed by atoms with E-state index in [9.17, 15) is 0 Å². The van der Waals surface area contributed by atoms with Crippen molar-refractivity contribution in [1.29, 1.82) is 0 Å². The van der Waals surface area contributed by atoms with Crippen molar-refractivity contribution in [3.8, 4) is 11.4 Å². The van der Waals surface area contributed by atoms with Crippen LogP contribution in [0, 0.1) is 6.92 Å². The summed E-state index contributed by atoms with van der Waals surface area (Å²) in [5.41, 5.74) is 2.13. The molecule has 23 heavy (non-hydrogen) atoms. The van der Waals surface area contributed by atoms with Gasteiger partial charge in [0.25, 0.3) is 0 Å². The molecule has 0 aliphatic rings. The molecule has 3 rings (SSSR count). The van der Waals surface area contributed by atoms with Crippen molar-refractivity contribution >= 4 is 0 Å². The van der Waals surface area contributed by atoms with Gasteiger partial charge in [-0.25, -0.2) is 0 Å². The molecule has 0 aliphatic heterocycles. The zero-order valence-electron chi connectivity index (χ0n) is 13.6. The summed E-state index contributed by atoms with van der Waals surface area (Å²) in [5, 5.41) is 11.8. The monoisotopic (exact) mass is 311 g/mol. The fourth-order valence-electron chi connectivity index (χ4n) is 2.43. The minimum Gasteiger partial charge on any atom is -0.338 e. The summed E-state index contributed by atoms with van der Waals surface area (Å²) in [6.45, 7) is 6.81. The zero-order valence-corrected chi connectivity index (χ0v) is 13.6. The minimum absolute atomic E-state index is 0.226. The third kappa shape index (κ3) is 3.48. The predicted molar refractivity (Wildman–Crippen MR) is 87.7 cm³/mol. The first-order valence-electron chi connectivity index (χ1n) is 7.76. The Morgan fingerprint density at radius 2 is 2.04 bits per heavy atom. The molecular weight excluding hydrogens is 290 g/mol. The highest BCUT2D eigenvalue weighted by Crippen LogP contribution is 2.19. The summed E-state index contributed by atoms with van der Waals surface area (Å²) < 4.78 is 7.28. The summed E-state index contributed by atoms with van der Waals surface area (Å²) >= 11 is 0. The second kappa shape index (κ2) is 6.75. The maximum absolute atomic E-state index is 5.35. The van der Waals surface area contributed by atoms with Gasteiger partial charge in [-0.15, -0.1) is 0 Å². The van der Waals surface area contributed by atoms with E-state index >= 15 is 0 Å². The summed E-state index contributed by atoms with van der Waals surface area (Å²) in [5.74, 6) is 1.22. The molecule has 0 aliphatic carbocycles. The number of aromatic nitrogens is 4. The van der Waals surface area contributed by atoms with Crippen LogP contribution in [0.4, 0.5) is 0 Å². The second-order valence-electron chi connectivity index (χ2n) is 5.72. The number of hydrogen-bond acceptors (Lipinski definition) is 5. The van der Waals surface area contributed by atoms with Crippen LogP contribution in [0.1, 0.15) is 31.3 Å². The summed E-state index contributed by atoms with van der Waals surface area (Å²) in [4.78, 5) is 4.47. The molecule has 0 saturated heterocycles. The number of nitrogens with one attached hydrogen (secondary N) is 1. The zero-order chi connectivity index (χ0) is 16.2. The average molecular weight is 311 g/mol. The Hall–Kier alpha value is -2.47. The summed E-state index contributed by atoms with van der Waals surface area (Å²) in [7, 11) is 0. The number of aryl methyl sites for hydroxylation is 1. The minimum atomic E-state index is 0.226. The van der Waals surface area contributed by atoms with E-state index in [1.54, 1.807) is 6.20 Å². The van der Waals surface area contributed by atoms with Crippen LogP contribution in [-0.4, -0.2) is 26.0 Å². The van der Waals surface area contributed by atoms with Gasteiger partial charge >= 0.3 is 0 Å². The van der Waals surface area contributed by atoms with Crippen LogP contribution < -0.4 is 5.32 Å². The molecule has 0 fully saturated rings. The van der Waals surface area contributed by atoms with E-state index in [2.05, 4.69) is 34.4 Å². The van der Waals surface area contributed by atoms with Crippen LogP contribution >= 0.6 is 0 Å². The average Bonchev–Trinajstić information content (AvgIpc) is 3.24. The van der Waals surface area contributed by atoms with Gasteiger partial charge in [0.05, 0.1) is 12.6 Å². The van der Waals surface area contributed by atoms with Crippen LogP contribution in [0.15, 0.2) is 47.2 Å². The van der Waals surface area contributed by atoms with E-state index in [0.29, 0.717) is 18.3 Å². The molecule has 6 nitrogen and oxygen atoms in total. The van der Waals surface area contributed by atoms with Crippen molar-refractivity contribution in [2.24, 2.45) is 0 Å². The Morgan fingerprint density at radius 1 is 1.22 bits per heavy atom. The molecule has 6 heteroatoms. The Morgan fingerprint density at radius 3 is 2.78 bits per heavy atom.